The number of benzene rings is 1. The van der Waals surface area contributed by atoms with E-state index in [4.69, 9.17) is 7.48 Å². The second-order valence-electron chi connectivity index (χ2n) is 3.32. The van der Waals surface area contributed by atoms with Crippen molar-refractivity contribution < 1.29 is 42.1 Å². The average molecular weight is 424 g/mol. The molecule has 0 unspecified atom stereocenters. The first kappa shape index (κ1) is 14.1. The minimum atomic E-state index is -2.01. The normalized spacial score (nSPS) is 9.29. The van der Waals surface area contributed by atoms with Crippen molar-refractivity contribution in [1.82, 2.24) is 5.48 Å². The molecule has 0 saturated carbocycles. The number of rotatable bonds is 5. The number of hydrogen-bond acceptors (Lipinski definition) is 5. The van der Waals surface area contributed by atoms with E-state index in [0.717, 1.165) is 3.07 Å². The molecule has 6 heteroatoms. The number of carbonyl (C=O) groups is 2. The van der Waals surface area contributed by atoms with E-state index >= 15 is 0 Å². The van der Waals surface area contributed by atoms with E-state index in [9.17, 15) is 9.59 Å². The van der Waals surface area contributed by atoms with Gasteiger partial charge in [0.15, 0.2) is 0 Å². The molecule has 0 radical (unpaired) electrons. The Bertz CT molecular complexity index is 408. The standard InChI is InChI=1S/C9H10NO2.C2H4O2.Hg/c1-2-10-12-9(11)8-6-4-3-5-7-8;1-2(3)4;/h3-6,10H,2H2,1H3;1H3,(H,3,4);/q;;+1/p-1. The van der Waals surface area contributed by atoms with Crippen LogP contribution in [0.5, 0.6) is 0 Å². The maximum atomic E-state index is 11.7. The van der Waals surface area contributed by atoms with E-state index < -0.39 is 31.0 Å². The van der Waals surface area contributed by atoms with Gasteiger partial charge in [-0.1, -0.05) is 0 Å². The summed E-state index contributed by atoms with van der Waals surface area (Å²) in [5, 5.41) is 0. The summed E-state index contributed by atoms with van der Waals surface area (Å²) in [6, 6.07) is 7.07. The van der Waals surface area contributed by atoms with Gasteiger partial charge in [-0.2, -0.15) is 0 Å². The number of nitrogens with one attached hydrogen (secondary N) is 1. The molecule has 0 atom stereocenters. The van der Waals surface area contributed by atoms with Crippen molar-refractivity contribution in [3.8, 4) is 0 Å². The van der Waals surface area contributed by atoms with Crippen molar-refractivity contribution in [3.63, 3.8) is 0 Å². The second-order valence-corrected chi connectivity index (χ2v) is 8.53. The molecule has 0 fully saturated rings. The summed E-state index contributed by atoms with van der Waals surface area (Å²) < 4.78 is 5.92. The molecule has 1 N–H and O–H groups in total. The molecule has 1 aromatic carbocycles. The third-order valence-electron chi connectivity index (χ3n) is 1.98. The quantitative estimate of drug-likeness (QED) is 0.553. The van der Waals surface area contributed by atoms with Gasteiger partial charge in [-0.05, 0) is 0 Å². The van der Waals surface area contributed by atoms with Gasteiger partial charge in [-0.3, -0.25) is 0 Å². The molecule has 17 heavy (non-hydrogen) atoms. The van der Waals surface area contributed by atoms with E-state index in [1.54, 1.807) is 12.1 Å². The van der Waals surface area contributed by atoms with Gasteiger partial charge in [-0.25, -0.2) is 0 Å². The summed E-state index contributed by atoms with van der Waals surface area (Å²) in [7, 11) is 0. The first-order chi connectivity index (χ1) is 8.15. The molecule has 0 bridgehead atoms. The fourth-order valence-electron chi connectivity index (χ4n) is 1.22. The molecule has 0 aromatic heterocycles. The first-order valence-corrected chi connectivity index (χ1v) is 10.3. The monoisotopic (exact) mass is 425 g/mol. The van der Waals surface area contributed by atoms with Gasteiger partial charge >= 0.3 is 113 Å². The van der Waals surface area contributed by atoms with Crippen LogP contribution in [0.1, 0.15) is 24.2 Å². The van der Waals surface area contributed by atoms with Crippen LogP contribution in [-0.4, -0.2) is 18.5 Å². The summed E-state index contributed by atoms with van der Waals surface area (Å²) >= 11 is -2.01. The predicted octanol–water partition coefficient (Wildman–Crippen LogP) is 0.554. The molecule has 0 amide bonds. The van der Waals surface area contributed by atoms with Crippen LogP contribution in [0.2, 0.25) is 0 Å². The zero-order valence-corrected chi connectivity index (χ0v) is 15.4. The van der Waals surface area contributed by atoms with Crippen LogP contribution in [0.3, 0.4) is 0 Å². The molecular weight excluding hydrogens is 411 g/mol. The van der Waals surface area contributed by atoms with Crippen LogP contribution < -0.4 is 8.55 Å². The summed E-state index contributed by atoms with van der Waals surface area (Å²) in [6.45, 7) is 3.75. The third-order valence-corrected chi connectivity index (χ3v) is 7.72. The van der Waals surface area contributed by atoms with Crippen molar-refractivity contribution >= 4 is 15.0 Å². The molecule has 0 spiro atoms. The van der Waals surface area contributed by atoms with Crippen molar-refractivity contribution in [2.24, 2.45) is 0 Å². The Balaban J connectivity index is 2.76. The van der Waals surface area contributed by atoms with Gasteiger partial charge in [0.1, 0.15) is 0 Å². The van der Waals surface area contributed by atoms with Crippen LogP contribution in [0.25, 0.3) is 0 Å². The number of hydroxylamine groups is 1. The van der Waals surface area contributed by atoms with Crippen molar-refractivity contribution in [1.29, 1.82) is 0 Å². The van der Waals surface area contributed by atoms with Crippen LogP contribution in [-0.2, 0) is 37.3 Å². The van der Waals surface area contributed by atoms with E-state index in [1.165, 1.54) is 6.92 Å². The Morgan fingerprint density at radius 2 is 2.06 bits per heavy atom. The molecule has 0 aliphatic rings. The maximum absolute atomic E-state index is 11.7. The minimum absolute atomic E-state index is 0.290. The molecule has 0 saturated heterocycles. The molecule has 0 aliphatic heterocycles. The molecule has 88 valence electrons. The van der Waals surface area contributed by atoms with Crippen LogP contribution >= 0.6 is 0 Å². The first-order valence-electron chi connectivity index (χ1n) is 5.30. The fourth-order valence-corrected chi connectivity index (χ4v) is 5.14. The number of hydrogen-bond donors (Lipinski definition) is 1. The van der Waals surface area contributed by atoms with Crippen molar-refractivity contribution in [3.05, 3.63) is 29.8 Å². The number of carbonyl (C=O) groups excluding carboxylic acids is 2. The molecule has 1 aromatic rings. The zero-order valence-electron chi connectivity index (χ0n) is 9.86. The van der Waals surface area contributed by atoms with E-state index in [1.807, 2.05) is 19.1 Å². The zero-order chi connectivity index (χ0) is 12.7. The van der Waals surface area contributed by atoms with Crippen molar-refractivity contribution in [2.75, 3.05) is 6.54 Å². The Hall–Kier alpha value is -0.945. The summed E-state index contributed by atoms with van der Waals surface area (Å²) in [4.78, 5) is 27.3. The Labute approximate surface area is 113 Å². The predicted molar refractivity (Wildman–Crippen MR) is 56.9 cm³/mol. The van der Waals surface area contributed by atoms with Gasteiger partial charge in [0.25, 0.3) is 0 Å². The fraction of sp³-hybridized carbons (Fsp3) is 0.273. The molecular formula is C11H13HgNO4. The molecule has 0 aliphatic carbocycles. The van der Waals surface area contributed by atoms with E-state index in [-0.39, 0.29) is 5.97 Å². The SMILES string of the molecule is CCNOC(=O)c1cccc[c]1[Hg][O]C(C)=O. The average Bonchev–Trinajstić information content (AvgIpc) is 2.33. The van der Waals surface area contributed by atoms with Gasteiger partial charge in [0, 0.05) is 0 Å². The topological polar surface area (TPSA) is 64.6 Å². The summed E-state index contributed by atoms with van der Waals surface area (Å²) in [5.74, 6) is -0.726. The molecule has 5 nitrogen and oxygen atoms in total. The Morgan fingerprint density at radius 1 is 1.35 bits per heavy atom. The molecule has 0 heterocycles. The molecule has 1 rings (SSSR count). The Morgan fingerprint density at radius 3 is 2.71 bits per heavy atom. The van der Waals surface area contributed by atoms with Crippen LogP contribution in [0.15, 0.2) is 24.3 Å². The Kier molecular flexibility index (Phi) is 6.14. The van der Waals surface area contributed by atoms with E-state index in [2.05, 4.69) is 5.48 Å². The third kappa shape index (κ3) is 4.83. The van der Waals surface area contributed by atoms with Gasteiger partial charge in [0.2, 0.25) is 0 Å². The van der Waals surface area contributed by atoms with E-state index in [0.29, 0.717) is 12.1 Å². The summed E-state index contributed by atoms with van der Waals surface area (Å²) in [5.41, 5.74) is 2.99. The van der Waals surface area contributed by atoms with Gasteiger partial charge < -0.3 is 0 Å². The van der Waals surface area contributed by atoms with Crippen LogP contribution in [0.4, 0.5) is 0 Å². The van der Waals surface area contributed by atoms with Crippen molar-refractivity contribution in [2.45, 2.75) is 13.8 Å². The van der Waals surface area contributed by atoms with Gasteiger partial charge in [-0.15, -0.1) is 0 Å². The summed E-state index contributed by atoms with van der Waals surface area (Å²) in [6.07, 6.45) is 0. The second kappa shape index (κ2) is 7.39. The van der Waals surface area contributed by atoms with Crippen LogP contribution in [0, 0.1) is 0 Å². The van der Waals surface area contributed by atoms with Gasteiger partial charge in [0.05, 0.1) is 0 Å².